The van der Waals surface area contributed by atoms with Crippen LogP contribution in [0.25, 0.3) is 22.0 Å². The number of carbonyl (C=O) groups excluding carboxylic acids is 1. The Morgan fingerprint density at radius 3 is 2.41 bits per heavy atom. The van der Waals surface area contributed by atoms with E-state index in [2.05, 4.69) is 25.3 Å². The van der Waals surface area contributed by atoms with Crippen molar-refractivity contribution in [1.82, 2.24) is 19.7 Å². The summed E-state index contributed by atoms with van der Waals surface area (Å²) in [4.78, 5) is 34.9. The minimum Gasteiger partial charge on any atom is -0.476 e. The Bertz CT molecular complexity index is 1490. The van der Waals surface area contributed by atoms with Crippen LogP contribution in [0.4, 0.5) is 29.3 Å². The second kappa shape index (κ2) is 9.52. The fourth-order valence-electron chi connectivity index (χ4n) is 4.36. The first-order valence-corrected chi connectivity index (χ1v) is 11.5. The second-order valence-electron chi connectivity index (χ2n) is 8.67. The summed E-state index contributed by atoms with van der Waals surface area (Å²) in [6.45, 7) is 1.88. The lowest BCUT2D eigenvalue weighted by atomic mass is 10.0. The molecule has 12 heteroatoms. The molecule has 1 amide bonds. The first-order chi connectivity index (χ1) is 17.7. The van der Waals surface area contributed by atoms with Gasteiger partial charge in [0.05, 0.1) is 34.8 Å². The number of halogens is 3. The van der Waals surface area contributed by atoms with E-state index in [0.717, 1.165) is 54.1 Å². The Kier molecular flexibility index (Phi) is 6.24. The van der Waals surface area contributed by atoms with Crippen molar-refractivity contribution < 1.29 is 27.9 Å². The van der Waals surface area contributed by atoms with Gasteiger partial charge in [-0.25, -0.2) is 9.59 Å². The molecule has 0 spiro atoms. The van der Waals surface area contributed by atoms with Crippen molar-refractivity contribution in [1.29, 1.82) is 0 Å². The van der Waals surface area contributed by atoms with Crippen LogP contribution in [0.1, 0.15) is 35.3 Å². The van der Waals surface area contributed by atoms with Crippen LogP contribution in [0, 0.1) is 0 Å². The molecule has 5 rings (SSSR count). The number of nitrogens with zero attached hydrogens (tertiary/aromatic N) is 5. The molecule has 1 saturated heterocycles. The molecule has 9 nitrogen and oxygen atoms in total. The van der Waals surface area contributed by atoms with Crippen LogP contribution in [0.3, 0.4) is 0 Å². The average molecular weight is 510 g/mol. The fraction of sp³-hybridized carbons (Fsp3) is 0.240. The van der Waals surface area contributed by atoms with Crippen LogP contribution in [-0.2, 0) is 6.18 Å². The Hall–Kier alpha value is -4.48. The molecule has 1 fully saturated rings. The van der Waals surface area contributed by atoms with E-state index >= 15 is 0 Å². The summed E-state index contributed by atoms with van der Waals surface area (Å²) < 4.78 is 39.8. The van der Waals surface area contributed by atoms with E-state index in [9.17, 15) is 27.9 Å². The summed E-state index contributed by atoms with van der Waals surface area (Å²) >= 11 is 0. The third-order valence-corrected chi connectivity index (χ3v) is 6.17. The van der Waals surface area contributed by atoms with Gasteiger partial charge in [-0.15, -0.1) is 0 Å². The van der Waals surface area contributed by atoms with Gasteiger partial charge in [0.15, 0.2) is 5.69 Å². The average Bonchev–Trinajstić information content (AvgIpc) is 3.28. The van der Waals surface area contributed by atoms with Gasteiger partial charge >= 0.3 is 18.2 Å². The molecule has 4 heterocycles. The number of carboxylic acids is 1. The first-order valence-electron chi connectivity index (χ1n) is 11.5. The number of benzene rings is 1. The Balaban J connectivity index is 1.49. The number of aromatic nitrogens is 4. The van der Waals surface area contributed by atoms with Gasteiger partial charge in [0.2, 0.25) is 0 Å². The van der Waals surface area contributed by atoms with Crippen molar-refractivity contribution in [2.45, 2.75) is 25.4 Å². The van der Waals surface area contributed by atoms with Crippen molar-refractivity contribution in [3.05, 3.63) is 66.4 Å². The molecule has 1 aliphatic heterocycles. The second-order valence-corrected chi connectivity index (χ2v) is 8.67. The highest BCUT2D eigenvalue weighted by Crippen LogP contribution is 2.31. The van der Waals surface area contributed by atoms with Crippen molar-refractivity contribution in [3.63, 3.8) is 0 Å². The van der Waals surface area contributed by atoms with Crippen LogP contribution in [-0.4, -0.2) is 49.9 Å². The Morgan fingerprint density at radius 1 is 0.919 bits per heavy atom. The van der Waals surface area contributed by atoms with E-state index in [-0.39, 0.29) is 22.3 Å². The number of piperidine rings is 1. The maximum atomic E-state index is 13.0. The monoisotopic (exact) mass is 510 g/mol. The number of carboxylic acid groups (broad SMARTS) is 1. The number of hydrogen-bond acceptors (Lipinski definition) is 6. The molecule has 0 radical (unpaired) electrons. The highest BCUT2D eigenvalue weighted by atomic mass is 19.4. The molecule has 3 aromatic heterocycles. The van der Waals surface area contributed by atoms with Crippen LogP contribution >= 0.6 is 0 Å². The van der Waals surface area contributed by atoms with Gasteiger partial charge in [-0.2, -0.15) is 23.0 Å². The number of fused-ring (bicyclic) bond motifs is 1. The highest BCUT2D eigenvalue weighted by molar-refractivity contribution is 6.06. The summed E-state index contributed by atoms with van der Waals surface area (Å²) in [5, 5.41) is 16.1. The van der Waals surface area contributed by atoms with Gasteiger partial charge in [0.25, 0.3) is 0 Å². The Morgan fingerprint density at radius 2 is 1.68 bits per heavy atom. The molecule has 0 bridgehead atoms. The number of rotatable bonds is 4. The van der Waals surface area contributed by atoms with Gasteiger partial charge in [-0.3, -0.25) is 9.97 Å². The molecule has 0 atom stereocenters. The molecular weight excluding hydrogens is 489 g/mol. The quantitative estimate of drug-likeness (QED) is 0.384. The van der Waals surface area contributed by atoms with Gasteiger partial charge in [-0.1, -0.05) is 6.07 Å². The van der Waals surface area contributed by atoms with Crippen molar-refractivity contribution in [3.8, 4) is 11.1 Å². The van der Waals surface area contributed by atoms with Gasteiger partial charge in [0.1, 0.15) is 0 Å². The minimum absolute atomic E-state index is 0.179. The zero-order valence-electron chi connectivity index (χ0n) is 19.4. The molecule has 0 unspecified atom stereocenters. The Labute approximate surface area is 208 Å². The normalized spacial score (nSPS) is 14.1. The molecule has 1 aromatic carbocycles. The predicted molar refractivity (Wildman–Crippen MR) is 130 cm³/mol. The lowest BCUT2D eigenvalue weighted by Crippen LogP contribution is -2.29. The van der Waals surface area contributed by atoms with Crippen molar-refractivity contribution in [2.75, 3.05) is 23.3 Å². The number of alkyl halides is 3. The molecule has 2 N–H and O–H groups in total. The molecule has 37 heavy (non-hydrogen) atoms. The molecule has 0 aliphatic carbocycles. The van der Waals surface area contributed by atoms with E-state index in [4.69, 9.17) is 0 Å². The van der Waals surface area contributed by atoms with Gasteiger partial charge in [-0.05, 0) is 49.1 Å². The highest BCUT2D eigenvalue weighted by Gasteiger charge is 2.31. The summed E-state index contributed by atoms with van der Waals surface area (Å²) in [6, 6.07) is 6.65. The third-order valence-electron chi connectivity index (χ3n) is 6.17. The van der Waals surface area contributed by atoms with E-state index in [0.29, 0.717) is 11.8 Å². The zero-order valence-corrected chi connectivity index (χ0v) is 19.4. The lowest BCUT2D eigenvalue weighted by molar-refractivity contribution is -0.137. The van der Waals surface area contributed by atoms with Crippen LogP contribution < -0.4 is 10.2 Å². The SMILES string of the molecule is O=C(O)c1nn(C(=O)Nc2cncc(C(F)(F)F)c2)c2ccc(-c3cncc(N4CCCCC4)c3)cc12. The van der Waals surface area contributed by atoms with Crippen molar-refractivity contribution >= 4 is 34.3 Å². The predicted octanol–water partition coefficient (Wildman–Crippen LogP) is 5.28. The molecule has 190 valence electrons. The third kappa shape index (κ3) is 4.95. The number of anilines is 2. The number of aromatic carboxylic acids is 1. The lowest BCUT2D eigenvalue weighted by Gasteiger charge is -2.28. The number of pyridine rings is 2. The molecule has 1 aliphatic rings. The minimum atomic E-state index is -4.64. The number of carbonyl (C=O) groups is 2. The molecule has 0 saturated carbocycles. The first kappa shape index (κ1) is 24.2. The van der Waals surface area contributed by atoms with E-state index in [1.165, 1.54) is 6.42 Å². The van der Waals surface area contributed by atoms with Crippen molar-refractivity contribution in [2.24, 2.45) is 0 Å². The van der Waals surface area contributed by atoms with Gasteiger partial charge in [0, 0.05) is 36.4 Å². The van der Waals surface area contributed by atoms with Gasteiger partial charge < -0.3 is 15.3 Å². The van der Waals surface area contributed by atoms with Crippen LogP contribution in [0.2, 0.25) is 0 Å². The smallest absolute Gasteiger partial charge is 0.417 e. The number of nitrogens with one attached hydrogen (secondary N) is 1. The zero-order chi connectivity index (χ0) is 26.2. The summed E-state index contributed by atoms with van der Waals surface area (Å²) in [6.07, 6.45) is 3.93. The van der Waals surface area contributed by atoms with E-state index in [1.54, 1.807) is 30.6 Å². The van der Waals surface area contributed by atoms with E-state index < -0.39 is 23.7 Å². The van der Waals surface area contributed by atoms with E-state index in [1.807, 2.05) is 6.07 Å². The summed E-state index contributed by atoms with van der Waals surface area (Å²) in [7, 11) is 0. The molecule has 4 aromatic rings. The largest absolute Gasteiger partial charge is 0.476 e. The standard InChI is InChI=1S/C25H21F3N6O3/c26-25(27,28)17-10-18(13-30-12-17)31-24(37)34-21-5-4-15(9-20(21)22(32-34)23(35)36)16-8-19(14-29-11-16)33-6-2-1-3-7-33/h4-5,8-14H,1-3,6-7H2,(H,31,37)(H,35,36). The number of hydrogen-bond donors (Lipinski definition) is 2. The van der Waals surface area contributed by atoms with Crippen LogP contribution in [0.15, 0.2) is 55.1 Å². The summed E-state index contributed by atoms with van der Waals surface area (Å²) in [5.74, 6) is -1.35. The summed E-state index contributed by atoms with van der Waals surface area (Å²) in [5.41, 5.74) is 0.995. The fourth-order valence-corrected chi connectivity index (χ4v) is 4.36. The topological polar surface area (TPSA) is 113 Å². The number of amides is 1. The maximum Gasteiger partial charge on any atom is 0.417 e. The molecular formula is C25H21F3N6O3. The van der Waals surface area contributed by atoms with Crippen LogP contribution in [0.5, 0.6) is 0 Å². The maximum absolute atomic E-state index is 13.0.